The number of rotatable bonds is 7. The summed E-state index contributed by atoms with van der Waals surface area (Å²) in [6, 6.07) is 16.9. The number of aromatic nitrogens is 2. The van der Waals surface area contributed by atoms with Crippen molar-refractivity contribution < 1.29 is 9.53 Å². The summed E-state index contributed by atoms with van der Waals surface area (Å²) in [7, 11) is 0. The maximum Gasteiger partial charge on any atom is 0.274 e. The molecule has 144 valence electrons. The molecular formula is C22H24N4O2. The summed E-state index contributed by atoms with van der Waals surface area (Å²) in [6.45, 7) is 6.80. The van der Waals surface area contributed by atoms with Crippen LogP contribution in [0.1, 0.15) is 42.7 Å². The molecule has 1 aromatic heterocycles. The smallest absolute Gasteiger partial charge is 0.274 e. The molecule has 0 fully saturated rings. The fourth-order valence-electron chi connectivity index (χ4n) is 2.80. The minimum atomic E-state index is -0.299. The van der Waals surface area contributed by atoms with E-state index in [-0.39, 0.29) is 11.6 Å². The van der Waals surface area contributed by atoms with Crippen LogP contribution in [0.4, 0.5) is 17.2 Å². The first-order valence-corrected chi connectivity index (χ1v) is 9.29. The Morgan fingerprint density at radius 2 is 1.82 bits per heavy atom. The lowest BCUT2D eigenvalue weighted by Gasteiger charge is -2.14. The van der Waals surface area contributed by atoms with Gasteiger partial charge in [-0.2, -0.15) is 0 Å². The van der Waals surface area contributed by atoms with E-state index in [4.69, 9.17) is 4.74 Å². The highest BCUT2D eigenvalue weighted by Crippen LogP contribution is 2.26. The average molecular weight is 376 g/mol. The third-order valence-corrected chi connectivity index (χ3v) is 4.17. The second-order valence-electron chi connectivity index (χ2n) is 6.57. The van der Waals surface area contributed by atoms with Gasteiger partial charge in [0.1, 0.15) is 23.6 Å². The van der Waals surface area contributed by atoms with E-state index < -0.39 is 0 Å². The van der Waals surface area contributed by atoms with E-state index in [0.717, 1.165) is 11.4 Å². The van der Waals surface area contributed by atoms with Gasteiger partial charge >= 0.3 is 0 Å². The van der Waals surface area contributed by atoms with Crippen molar-refractivity contribution in [3.63, 3.8) is 0 Å². The van der Waals surface area contributed by atoms with Gasteiger partial charge in [-0.05, 0) is 48.7 Å². The number of nitrogens with one attached hydrogen (secondary N) is 2. The molecule has 1 amide bonds. The van der Waals surface area contributed by atoms with E-state index >= 15 is 0 Å². The van der Waals surface area contributed by atoms with Gasteiger partial charge in [-0.1, -0.05) is 32.0 Å². The lowest BCUT2D eigenvalue weighted by Crippen LogP contribution is -2.14. The molecule has 0 bridgehead atoms. The molecule has 3 rings (SSSR count). The standard InChI is InChI=1S/C22H24N4O2/c1-4-28-17-11-9-16(10-12-17)25-22(27)20-13-21(24-14-23-20)26-19-8-6-5-7-18(19)15(2)3/h5-15H,4H2,1-3H3,(H,25,27)(H,23,24,26). The first kappa shape index (κ1) is 19.4. The van der Waals surface area contributed by atoms with Gasteiger partial charge in [-0.15, -0.1) is 0 Å². The van der Waals surface area contributed by atoms with Crippen LogP contribution >= 0.6 is 0 Å². The zero-order chi connectivity index (χ0) is 19.9. The monoisotopic (exact) mass is 376 g/mol. The van der Waals surface area contributed by atoms with Crippen molar-refractivity contribution >= 4 is 23.1 Å². The quantitative estimate of drug-likeness (QED) is 0.607. The molecule has 3 aromatic rings. The van der Waals surface area contributed by atoms with Crippen LogP contribution in [0.5, 0.6) is 5.75 Å². The number of nitrogens with zero attached hydrogens (tertiary/aromatic N) is 2. The number of benzene rings is 2. The van der Waals surface area contributed by atoms with Crippen LogP contribution < -0.4 is 15.4 Å². The molecule has 0 unspecified atom stereocenters. The Morgan fingerprint density at radius 3 is 2.54 bits per heavy atom. The Morgan fingerprint density at radius 1 is 1.07 bits per heavy atom. The first-order valence-electron chi connectivity index (χ1n) is 9.29. The topological polar surface area (TPSA) is 76.1 Å². The largest absolute Gasteiger partial charge is 0.494 e. The van der Waals surface area contributed by atoms with Gasteiger partial charge in [-0.3, -0.25) is 4.79 Å². The number of carbonyl (C=O) groups excluding carboxylic acids is 1. The molecule has 0 aliphatic carbocycles. The highest BCUT2D eigenvalue weighted by atomic mass is 16.5. The van der Waals surface area contributed by atoms with Crippen LogP contribution in [0.25, 0.3) is 0 Å². The Balaban J connectivity index is 1.73. The van der Waals surface area contributed by atoms with E-state index in [9.17, 15) is 4.79 Å². The van der Waals surface area contributed by atoms with Crippen molar-refractivity contribution in [2.45, 2.75) is 26.7 Å². The number of ether oxygens (including phenoxy) is 1. The van der Waals surface area contributed by atoms with Crippen molar-refractivity contribution in [2.24, 2.45) is 0 Å². The number of amides is 1. The second kappa shape index (κ2) is 8.99. The minimum absolute atomic E-state index is 0.286. The summed E-state index contributed by atoms with van der Waals surface area (Å²) >= 11 is 0. The predicted molar refractivity (Wildman–Crippen MR) is 111 cm³/mol. The molecule has 2 N–H and O–H groups in total. The van der Waals surface area contributed by atoms with Crippen LogP contribution in [0.3, 0.4) is 0 Å². The third kappa shape index (κ3) is 4.85. The van der Waals surface area contributed by atoms with E-state index in [2.05, 4.69) is 40.5 Å². The van der Waals surface area contributed by atoms with Gasteiger partial charge in [0.05, 0.1) is 6.61 Å². The Hall–Kier alpha value is -3.41. The van der Waals surface area contributed by atoms with Gasteiger partial charge in [0.25, 0.3) is 5.91 Å². The molecule has 6 heteroatoms. The van der Waals surface area contributed by atoms with Gasteiger partial charge in [0.15, 0.2) is 0 Å². The van der Waals surface area contributed by atoms with Crippen molar-refractivity contribution in [1.82, 2.24) is 9.97 Å². The minimum Gasteiger partial charge on any atom is -0.494 e. The fourth-order valence-corrected chi connectivity index (χ4v) is 2.80. The summed E-state index contributed by atoms with van der Waals surface area (Å²) in [4.78, 5) is 20.9. The number of carbonyl (C=O) groups is 1. The lowest BCUT2D eigenvalue weighted by atomic mass is 10.0. The van der Waals surface area contributed by atoms with E-state index in [1.165, 1.54) is 11.9 Å². The highest BCUT2D eigenvalue weighted by Gasteiger charge is 2.11. The van der Waals surface area contributed by atoms with Crippen molar-refractivity contribution in [1.29, 1.82) is 0 Å². The van der Waals surface area contributed by atoms with Crippen LogP contribution in [-0.4, -0.2) is 22.5 Å². The molecule has 0 spiro atoms. The summed E-state index contributed by atoms with van der Waals surface area (Å²) in [5.74, 6) is 1.40. The Kier molecular flexibility index (Phi) is 6.22. The van der Waals surface area contributed by atoms with Crippen molar-refractivity contribution in [3.05, 3.63) is 72.2 Å². The van der Waals surface area contributed by atoms with Crippen LogP contribution in [0.2, 0.25) is 0 Å². The zero-order valence-electron chi connectivity index (χ0n) is 16.3. The van der Waals surface area contributed by atoms with Gasteiger partial charge in [-0.25, -0.2) is 9.97 Å². The maximum atomic E-state index is 12.5. The molecule has 28 heavy (non-hydrogen) atoms. The molecule has 0 aliphatic rings. The van der Waals surface area contributed by atoms with Crippen LogP contribution in [0.15, 0.2) is 60.9 Å². The van der Waals surface area contributed by atoms with E-state index in [0.29, 0.717) is 24.0 Å². The summed E-state index contributed by atoms with van der Waals surface area (Å²) in [6.07, 6.45) is 1.38. The van der Waals surface area contributed by atoms with Crippen molar-refractivity contribution in [3.8, 4) is 5.75 Å². The van der Waals surface area contributed by atoms with E-state index in [1.54, 1.807) is 18.2 Å². The van der Waals surface area contributed by atoms with Gasteiger partial charge < -0.3 is 15.4 Å². The maximum absolute atomic E-state index is 12.5. The Bertz CT molecular complexity index is 939. The Labute approximate surface area is 165 Å². The molecule has 0 atom stereocenters. The average Bonchev–Trinajstić information content (AvgIpc) is 2.70. The number of anilines is 3. The summed E-state index contributed by atoms with van der Waals surface area (Å²) < 4.78 is 5.41. The number of hydrogen-bond donors (Lipinski definition) is 2. The highest BCUT2D eigenvalue weighted by molar-refractivity contribution is 6.03. The van der Waals surface area contributed by atoms with Gasteiger partial charge in [0, 0.05) is 17.4 Å². The molecule has 2 aromatic carbocycles. The molecule has 0 saturated carbocycles. The van der Waals surface area contributed by atoms with Crippen LogP contribution in [-0.2, 0) is 0 Å². The number of para-hydroxylation sites is 1. The first-order chi connectivity index (χ1) is 13.6. The van der Waals surface area contributed by atoms with Gasteiger partial charge in [0.2, 0.25) is 0 Å². The van der Waals surface area contributed by atoms with Crippen molar-refractivity contribution in [2.75, 3.05) is 17.2 Å². The molecule has 1 heterocycles. The zero-order valence-corrected chi connectivity index (χ0v) is 16.3. The lowest BCUT2D eigenvalue weighted by molar-refractivity contribution is 0.102. The second-order valence-corrected chi connectivity index (χ2v) is 6.57. The molecular weight excluding hydrogens is 352 g/mol. The number of hydrogen-bond acceptors (Lipinski definition) is 5. The third-order valence-electron chi connectivity index (χ3n) is 4.17. The SMILES string of the molecule is CCOc1ccc(NC(=O)c2cc(Nc3ccccc3C(C)C)ncn2)cc1. The summed E-state index contributed by atoms with van der Waals surface area (Å²) in [5, 5.41) is 6.12. The molecule has 0 radical (unpaired) electrons. The molecule has 0 saturated heterocycles. The summed E-state index contributed by atoms with van der Waals surface area (Å²) in [5.41, 5.74) is 3.11. The fraction of sp³-hybridized carbons (Fsp3) is 0.227. The normalized spacial score (nSPS) is 10.6. The van der Waals surface area contributed by atoms with E-state index in [1.807, 2.05) is 37.3 Å². The molecule has 6 nitrogen and oxygen atoms in total. The predicted octanol–water partition coefficient (Wildman–Crippen LogP) is 4.99. The van der Waals surface area contributed by atoms with Crippen LogP contribution in [0, 0.1) is 0 Å². The molecule has 0 aliphatic heterocycles.